The summed E-state index contributed by atoms with van der Waals surface area (Å²) >= 11 is 0. The highest BCUT2D eigenvalue weighted by atomic mass is 16.3. The van der Waals surface area contributed by atoms with E-state index in [0.29, 0.717) is 0 Å². The van der Waals surface area contributed by atoms with Crippen LogP contribution < -0.4 is 5.32 Å². The number of hydrogen-bond acceptors (Lipinski definition) is 2. The molecule has 0 atom stereocenters. The number of aliphatic hydroxyl groups is 1. The fourth-order valence-corrected chi connectivity index (χ4v) is 2.59. The van der Waals surface area contributed by atoms with Crippen molar-refractivity contribution in [2.24, 2.45) is 0 Å². The fraction of sp³-hybridized carbons (Fsp3) is 0.500. The maximum Gasteiger partial charge on any atom is 0.221 e. The van der Waals surface area contributed by atoms with Crippen molar-refractivity contribution < 1.29 is 9.90 Å². The molecule has 0 radical (unpaired) electrons. The molecule has 1 aliphatic carbocycles. The Bertz CT molecular complexity index is 408. The molecule has 0 spiro atoms. The van der Waals surface area contributed by atoms with E-state index < -0.39 is 5.60 Å². The van der Waals surface area contributed by atoms with Crippen LogP contribution in [-0.4, -0.2) is 11.0 Å². The zero-order chi connectivity index (χ0) is 12.3. The van der Waals surface area contributed by atoms with E-state index >= 15 is 0 Å². The summed E-state index contributed by atoms with van der Waals surface area (Å²) in [5.41, 5.74) is 0.830. The molecule has 17 heavy (non-hydrogen) atoms. The van der Waals surface area contributed by atoms with E-state index in [9.17, 15) is 9.90 Å². The van der Waals surface area contributed by atoms with Crippen LogP contribution in [0.3, 0.4) is 0 Å². The van der Waals surface area contributed by atoms with Crippen LogP contribution in [0.2, 0.25) is 0 Å². The Hall–Kier alpha value is -1.35. The Morgan fingerprint density at radius 2 is 1.88 bits per heavy atom. The molecule has 1 amide bonds. The molecule has 0 aromatic heterocycles. The molecule has 1 fully saturated rings. The van der Waals surface area contributed by atoms with Crippen molar-refractivity contribution in [2.45, 2.75) is 44.6 Å². The highest BCUT2D eigenvalue weighted by Gasteiger charge is 2.33. The predicted molar refractivity (Wildman–Crippen MR) is 67.7 cm³/mol. The van der Waals surface area contributed by atoms with Gasteiger partial charge in [-0.15, -0.1) is 0 Å². The van der Waals surface area contributed by atoms with Crippen molar-refractivity contribution in [2.75, 3.05) is 5.32 Å². The molecular weight excluding hydrogens is 214 g/mol. The predicted octanol–water partition coefficient (Wildman–Crippen LogP) is 2.80. The van der Waals surface area contributed by atoms with Crippen LogP contribution in [0.5, 0.6) is 0 Å². The Balaban J connectivity index is 2.32. The minimum absolute atomic E-state index is 0.100. The maximum absolute atomic E-state index is 11.2. The van der Waals surface area contributed by atoms with Crippen molar-refractivity contribution in [1.29, 1.82) is 0 Å². The smallest absolute Gasteiger partial charge is 0.221 e. The number of nitrogens with one attached hydrogen (secondary N) is 1. The number of carbonyl (C=O) groups is 1. The van der Waals surface area contributed by atoms with Gasteiger partial charge in [-0.25, -0.2) is 0 Å². The van der Waals surface area contributed by atoms with Gasteiger partial charge in [-0.1, -0.05) is 37.5 Å². The van der Waals surface area contributed by atoms with Gasteiger partial charge in [0.1, 0.15) is 0 Å². The van der Waals surface area contributed by atoms with Gasteiger partial charge < -0.3 is 10.4 Å². The Labute approximate surface area is 102 Å². The van der Waals surface area contributed by atoms with Crippen molar-refractivity contribution >= 4 is 11.6 Å². The highest BCUT2D eigenvalue weighted by Crippen LogP contribution is 2.40. The first kappa shape index (κ1) is 12.1. The van der Waals surface area contributed by atoms with E-state index in [4.69, 9.17) is 0 Å². The van der Waals surface area contributed by atoms with Crippen molar-refractivity contribution in [3.63, 3.8) is 0 Å². The molecule has 2 rings (SSSR count). The molecule has 3 heteroatoms. The van der Waals surface area contributed by atoms with Crippen LogP contribution in [0, 0.1) is 0 Å². The van der Waals surface area contributed by atoms with E-state index in [2.05, 4.69) is 5.32 Å². The topological polar surface area (TPSA) is 49.3 Å². The standard InChI is InChI=1S/C14H19NO2/c1-11(16)15-13-8-4-3-7-12(13)14(17)9-5-2-6-10-14/h3-4,7-8,17H,2,5-6,9-10H2,1H3,(H,15,16). The van der Waals surface area contributed by atoms with Crippen LogP contribution in [0.4, 0.5) is 5.69 Å². The zero-order valence-electron chi connectivity index (χ0n) is 10.2. The summed E-state index contributed by atoms with van der Waals surface area (Å²) in [5.74, 6) is -0.100. The van der Waals surface area contributed by atoms with Gasteiger partial charge in [-0.2, -0.15) is 0 Å². The Kier molecular flexibility index (Phi) is 3.48. The van der Waals surface area contributed by atoms with Gasteiger partial charge in [0.05, 0.1) is 5.60 Å². The average molecular weight is 233 g/mol. The minimum Gasteiger partial charge on any atom is -0.385 e. The summed E-state index contributed by atoms with van der Waals surface area (Å²) in [6, 6.07) is 7.55. The molecule has 0 saturated heterocycles. The number of carbonyl (C=O) groups excluding carboxylic acids is 1. The maximum atomic E-state index is 11.2. The SMILES string of the molecule is CC(=O)Nc1ccccc1C1(O)CCCCC1. The van der Waals surface area contributed by atoms with E-state index in [1.54, 1.807) is 0 Å². The fourth-order valence-electron chi connectivity index (χ4n) is 2.59. The lowest BCUT2D eigenvalue weighted by atomic mass is 9.79. The largest absolute Gasteiger partial charge is 0.385 e. The van der Waals surface area contributed by atoms with Crippen LogP contribution in [0.1, 0.15) is 44.6 Å². The molecule has 2 N–H and O–H groups in total. The third-order valence-electron chi connectivity index (χ3n) is 3.42. The molecule has 3 nitrogen and oxygen atoms in total. The lowest BCUT2D eigenvalue weighted by molar-refractivity contribution is -0.114. The Morgan fingerprint density at radius 1 is 1.24 bits per heavy atom. The summed E-state index contributed by atoms with van der Waals surface area (Å²) in [7, 11) is 0. The second-order valence-corrected chi connectivity index (χ2v) is 4.82. The lowest BCUT2D eigenvalue weighted by Crippen LogP contribution is -2.29. The molecule has 1 aromatic rings. The van der Waals surface area contributed by atoms with Gasteiger partial charge in [0.15, 0.2) is 0 Å². The number of benzene rings is 1. The number of para-hydroxylation sites is 1. The highest BCUT2D eigenvalue weighted by molar-refractivity contribution is 5.89. The lowest BCUT2D eigenvalue weighted by Gasteiger charge is -2.34. The summed E-state index contributed by atoms with van der Waals surface area (Å²) in [6.07, 6.45) is 4.84. The first-order chi connectivity index (χ1) is 8.12. The van der Waals surface area contributed by atoms with E-state index in [-0.39, 0.29) is 5.91 Å². The average Bonchev–Trinajstić information content (AvgIpc) is 2.30. The first-order valence-electron chi connectivity index (χ1n) is 6.21. The number of anilines is 1. The van der Waals surface area contributed by atoms with Crippen molar-refractivity contribution in [1.82, 2.24) is 0 Å². The van der Waals surface area contributed by atoms with E-state index in [1.165, 1.54) is 13.3 Å². The van der Waals surface area contributed by atoms with Crippen molar-refractivity contribution in [3.8, 4) is 0 Å². The normalized spacial score (nSPS) is 18.7. The van der Waals surface area contributed by atoms with Crippen molar-refractivity contribution in [3.05, 3.63) is 29.8 Å². The molecule has 0 heterocycles. The number of amides is 1. The molecule has 1 saturated carbocycles. The third-order valence-corrected chi connectivity index (χ3v) is 3.42. The molecule has 0 aliphatic heterocycles. The van der Waals surface area contributed by atoms with E-state index in [1.807, 2.05) is 24.3 Å². The Morgan fingerprint density at radius 3 is 2.53 bits per heavy atom. The summed E-state index contributed by atoms with van der Waals surface area (Å²) in [5, 5.41) is 13.5. The molecule has 92 valence electrons. The number of hydrogen-bond donors (Lipinski definition) is 2. The molecular formula is C14H19NO2. The summed E-state index contributed by atoms with van der Waals surface area (Å²) < 4.78 is 0. The van der Waals surface area contributed by atoms with E-state index in [0.717, 1.165) is 36.9 Å². The van der Waals surface area contributed by atoms with Crippen LogP contribution in [-0.2, 0) is 10.4 Å². The van der Waals surface area contributed by atoms with Gasteiger partial charge in [-0.05, 0) is 18.9 Å². The minimum atomic E-state index is -0.767. The van der Waals surface area contributed by atoms with Gasteiger partial charge in [-0.3, -0.25) is 4.79 Å². The second kappa shape index (κ2) is 4.88. The molecule has 0 unspecified atom stereocenters. The number of rotatable bonds is 2. The zero-order valence-corrected chi connectivity index (χ0v) is 10.2. The van der Waals surface area contributed by atoms with Crippen LogP contribution >= 0.6 is 0 Å². The first-order valence-corrected chi connectivity index (χ1v) is 6.21. The summed E-state index contributed by atoms with van der Waals surface area (Å²) in [6.45, 7) is 1.49. The quantitative estimate of drug-likeness (QED) is 0.825. The molecule has 0 bridgehead atoms. The van der Waals surface area contributed by atoms with Crippen LogP contribution in [0.15, 0.2) is 24.3 Å². The second-order valence-electron chi connectivity index (χ2n) is 4.82. The van der Waals surface area contributed by atoms with Gasteiger partial charge in [0, 0.05) is 18.2 Å². The van der Waals surface area contributed by atoms with Gasteiger partial charge >= 0.3 is 0 Å². The molecule has 1 aliphatic rings. The van der Waals surface area contributed by atoms with Gasteiger partial charge in [0.25, 0.3) is 0 Å². The molecule has 1 aromatic carbocycles. The van der Waals surface area contributed by atoms with Gasteiger partial charge in [0.2, 0.25) is 5.91 Å². The van der Waals surface area contributed by atoms with Crippen LogP contribution in [0.25, 0.3) is 0 Å². The summed E-state index contributed by atoms with van der Waals surface area (Å²) in [4.78, 5) is 11.2. The third kappa shape index (κ3) is 2.67. The monoisotopic (exact) mass is 233 g/mol.